The lowest BCUT2D eigenvalue weighted by molar-refractivity contribution is 0.343. The van der Waals surface area contributed by atoms with E-state index in [9.17, 15) is 0 Å². The van der Waals surface area contributed by atoms with Crippen LogP contribution in [0.1, 0.15) is 19.9 Å². The molecule has 1 heterocycles. The van der Waals surface area contributed by atoms with Gasteiger partial charge < -0.3 is 9.47 Å². The normalized spacial score (nSPS) is 11.0. The largest absolute Gasteiger partial charge is 0.497 e. The first kappa shape index (κ1) is 19.6. The first-order valence-electron chi connectivity index (χ1n) is 8.69. The molecule has 2 aromatic carbocycles. The summed E-state index contributed by atoms with van der Waals surface area (Å²) in [4.78, 5) is 0. The van der Waals surface area contributed by atoms with E-state index in [0.717, 1.165) is 33.8 Å². The number of halogens is 1. The molecule has 3 aromatic rings. The van der Waals surface area contributed by atoms with Crippen LogP contribution in [0.4, 0.5) is 0 Å². The van der Waals surface area contributed by atoms with Gasteiger partial charge in [0.15, 0.2) is 11.0 Å². The topological polar surface area (TPSA) is 49.2 Å². The smallest absolute Gasteiger partial charge is 0.191 e. The molecular weight excluding hydrogens is 382 g/mol. The van der Waals surface area contributed by atoms with Gasteiger partial charge in [-0.15, -0.1) is 10.2 Å². The third-order valence-electron chi connectivity index (χ3n) is 3.93. The fraction of sp³-hybridized carbons (Fsp3) is 0.300. The van der Waals surface area contributed by atoms with Gasteiger partial charge in [0, 0.05) is 22.4 Å². The van der Waals surface area contributed by atoms with Crippen molar-refractivity contribution < 1.29 is 9.47 Å². The van der Waals surface area contributed by atoms with E-state index in [1.165, 1.54) is 0 Å². The zero-order valence-corrected chi connectivity index (χ0v) is 17.1. The Bertz CT molecular complexity index is 864. The molecule has 3 rings (SSSR count). The van der Waals surface area contributed by atoms with Crippen LogP contribution in [-0.2, 0) is 0 Å². The highest BCUT2D eigenvalue weighted by atomic mass is 35.5. The van der Waals surface area contributed by atoms with E-state index >= 15 is 0 Å². The zero-order chi connectivity index (χ0) is 19.2. The number of hydrogen-bond donors (Lipinski definition) is 0. The van der Waals surface area contributed by atoms with E-state index < -0.39 is 0 Å². The molecule has 0 aliphatic rings. The Hall–Kier alpha value is -2.18. The Labute approximate surface area is 168 Å². The Morgan fingerprint density at radius 1 is 1.00 bits per heavy atom. The number of aromatic nitrogens is 3. The van der Waals surface area contributed by atoms with E-state index in [0.29, 0.717) is 11.6 Å². The lowest BCUT2D eigenvalue weighted by Crippen LogP contribution is -2.07. The lowest BCUT2D eigenvalue weighted by Gasteiger charge is -2.14. The summed E-state index contributed by atoms with van der Waals surface area (Å²) in [5.41, 5.74) is 1.02. The van der Waals surface area contributed by atoms with Gasteiger partial charge in [-0.25, -0.2) is 0 Å². The highest BCUT2D eigenvalue weighted by molar-refractivity contribution is 7.99. The Balaban J connectivity index is 1.66. The third-order valence-corrected chi connectivity index (χ3v) is 5.09. The predicted octanol–water partition coefficient (Wildman–Crippen LogP) is 5.36. The molecule has 0 N–H and O–H groups in total. The van der Waals surface area contributed by atoms with Gasteiger partial charge in [-0.3, -0.25) is 4.57 Å². The highest BCUT2D eigenvalue weighted by Gasteiger charge is 2.16. The molecule has 5 nitrogen and oxygen atoms in total. The molecule has 0 aliphatic heterocycles. The molecule has 0 bridgehead atoms. The van der Waals surface area contributed by atoms with Crippen LogP contribution in [0.25, 0.3) is 11.4 Å². The Morgan fingerprint density at radius 2 is 1.67 bits per heavy atom. The summed E-state index contributed by atoms with van der Waals surface area (Å²) in [5, 5.41) is 10.4. The van der Waals surface area contributed by atoms with Crippen LogP contribution in [0.5, 0.6) is 11.5 Å². The van der Waals surface area contributed by atoms with E-state index in [4.69, 9.17) is 21.1 Å². The van der Waals surface area contributed by atoms with Gasteiger partial charge in [0.25, 0.3) is 0 Å². The molecule has 0 saturated carbocycles. The van der Waals surface area contributed by atoms with Crippen molar-refractivity contribution in [2.45, 2.75) is 25.0 Å². The van der Waals surface area contributed by atoms with Crippen molar-refractivity contribution in [1.29, 1.82) is 0 Å². The van der Waals surface area contributed by atoms with Crippen LogP contribution in [0.3, 0.4) is 0 Å². The maximum atomic E-state index is 5.89. The number of benzene rings is 2. The first-order chi connectivity index (χ1) is 13.1. The summed E-state index contributed by atoms with van der Waals surface area (Å²) in [6.45, 7) is 4.84. The lowest BCUT2D eigenvalue weighted by atomic mass is 10.2. The SMILES string of the molecule is COc1ccc(-c2nnc(SCCOc3ccc(Cl)cc3)n2C(C)C)cc1. The standard InChI is InChI=1S/C20H22ClN3O2S/c1-14(2)24-19(15-4-8-17(25-3)9-5-15)22-23-20(24)27-13-12-26-18-10-6-16(21)7-11-18/h4-11,14H,12-13H2,1-3H3. The van der Waals surface area contributed by atoms with Crippen LogP contribution in [0, 0.1) is 0 Å². The number of nitrogens with zero attached hydrogens (tertiary/aromatic N) is 3. The van der Waals surface area contributed by atoms with Crippen molar-refractivity contribution in [2.24, 2.45) is 0 Å². The number of hydrogen-bond acceptors (Lipinski definition) is 5. The van der Waals surface area contributed by atoms with E-state index in [2.05, 4.69) is 28.6 Å². The van der Waals surface area contributed by atoms with Crippen LogP contribution < -0.4 is 9.47 Å². The molecule has 0 atom stereocenters. The highest BCUT2D eigenvalue weighted by Crippen LogP contribution is 2.28. The summed E-state index contributed by atoms with van der Waals surface area (Å²) >= 11 is 7.52. The molecule has 0 unspecified atom stereocenters. The van der Waals surface area contributed by atoms with Gasteiger partial charge in [0.2, 0.25) is 0 Å². The third kappa shape index (κ3) is 4.96. The second kappa shape index (κ2) is 9.15. The van der Waals surface area contributed by atoms with Crippen LogP contribution in [-0.4, -0.2) is 34.2 Å². The van der Waals surface area contributed by atoms with Crippen molar-refractivity contribution in [1.82, 2.24) is 14.8 Å². The monoisotopic (exact) mass is 403 g/mol. The minimum atomic E-state index is 0.247. The fourth-order valence-corrected chi connectivity index (χ4v) is 3.61. The number of rotatable bonds is 8. The second-order valence-electron chi connectivity index (χ2n) is 6.15. The molecule has 0 fully saturated rings. The summed E-state index contributed by atoms with van der Waals surface area (Å²) in [6, 6.07) is 15.5. The molecule has 27 heavy (non-hydrogen) atoms. The van der Waals surface area contributed by atoms with Gasteiger partial charge in [0.05, 0.1) is 13.7 Å². The Kier molecular flexibility index (Phi) is 6.63. The molecule has 142 valence electrons. The summed E-state index contributed by atoms with van der Waals surface area (Å²) in [7, 11) is 1.66. The first-order valence-corrected chi connectivity index (χ1v) is 10.1. The molecule has 0 aliphatic carbocycles. The maximum Gasteiger partial charge on any atom is 0.191 e. The van der Waals surface area contributed by atoms with Crippen molar-refractivity contribution in [3.05, 3.63) is 53.6 Å². The average Bonchev–Trinajstić information content (AvgIpc) is 3.11. The van der Waals surface area contributed by atoms with Gasteiger partial charge in [-0.1, -0.05) is 23.4 Å². The number of methoxy groups -OCH3 is 1. The Morgan fingerprint density at radius 3 is 2.30 bits per heavy atom. The summed E-state index contributed by atoms with van der Waals surface area (Å²) < 4.78 is 13.1. The molecule has 0 spiro atoms. The van der Waals surface area contributed by atoms with Crippen LogP contribution in [0.15, 0.2) is 53.7 Å². The molecule has 1 aromatic heterocycles. The van der Waals surface area contributed by atoms with Crippen LogP contribution >= 0.6 is 23.4 Å². The summed E-state index contributed by atoms with van der Waals surface area (Å²) in [6.07, 6.45) is 0. The maximum absolute atomic E-state index is 5.89. The molecule has 7 heteroatoms. The van der Waals surface area contributed by atoms with E-state index in [1.54, 1.807) is 18.9 Å². The predicted molar refractivity (Wildman–Crippen MR) is 110 cm³/mol. The van der Waals surface area contributed by atoms with Gasteiger partial charge >= 0.3 is 0 Å². The molecule has 0 radical (unpaired) electrons. The van der Waals surface area contributed by atoms with Crippen molar-refractivity contribution in [3.63, 3.8) is 0 Å². The molecular formula is C20H22ClN3O2S. The minimum absolute atomic E-state index is 0.247. The minimum Gasteiger partial charge on any atom is -0.497 e. The number of ether oxygens (including phenoxy) is 2. The number of thioether (sulfide) groups is 1. The van der Waals surface area contributed by atoms with E-state index in [-0.39, 0.29) is 6.04 Å². The molecule has 0 amide bonds. The summed E-state index contributed by atoms with van der Waals surface area (Å²) in [5.74, 6) is 3.26. The van der Waals surface area contributed by atoms with Crippen LogP contribution in [0.2, 0.25) is 5.02 Å². The van der Waals surface area contributed by atoms with Gasteiger partial charge in [-0.05, 0) is 62.4 Å². The molecule has 0 saturated heterocycles. The van der Waals surface area contributed by atoms with Crippen molar-refractivity contribution in [3.8, 4) is 22.9 Å². The zero-order valence-electron chi connectivity index (χ0n) is 15.6. The van der Waals surface area contributed by atoms with E-state index in [1.807, 2.05) is 48.5 Å². The second-order valence-corrected chi connectivity index (χ2v) is 7.65. The average molecular weight is 404 g/mol. The quantitative estimate of drug-likeness (QED) is 0.374. The van der Waals surface area contributed by atoms with Gasteiger partial charge in [-0.2, -0.15) is 0 Å². The van der Waals surface area contributed by atoms with Crippen molar-refractivity contribution >= 4 is 23.4 Å². The van der Waals surface area contributed by atoms with Crippen molar-refractivity contribution in [2.75, 3.05) is 19.5 Å². The van der Waals surface area contributed by atoms with Gasteiger partial charge in [0.1, 0.15) is 11.5 Å². The fourth-order valence-electron chi connectivity index (χ4n) is 2.60.